The van der Waals surface area contributed by atoms with Gasteiger partial charge in [0.15, 0.2) is 6.04 Å². The minimum Gasteiger partial charge on any atom is -0.479 e. The molecule has 0 fully saturated rings. The van der Waals surface area contributed by atoms with E-state index < -0.39 is 24.1 Å². The fourth-order valence-electron chi connectivity index (χ4n) is 1.47. The Kier molecular flexibility index (Phi) is 4.94. The molecule has 0 radical (unpaired) electrons. The molecule has 1 aromatic heterocycles. The van der Waals surface area contributed by atoms with Gasteiger partial charge in [0.05, 0.1) is 12.2 Å². The normalized spacial score (nSPS) is 13.1. The van der Waals surface area contributed by atoms with E-state index >= 15 is 0 Å². The van der Waals surface area contributed by atoms with Crippen LogP contribution in [0.1, 0.15) is 24.9 Å². The molecule has 0 aromatic carbocycles. The first-order chi connectivity index (χ1) is 8.97. The maximum atomic E-state index is 11.7. The minimum atomic E-state index is -1.17. The van der Waals surface area contributed by atoms with Crippen molar-refractivity contribution in [1.82, 2.24) is 20.4 Å². The van der Waals surface area contributed by atoms with Crippen LogP contribution in [0.3, 0.4) is 0 Å². The molecule has 0 aliphatic heterocycles. The van der Waals surface area contributed by atoms with E-state index in [0.717, 1.165) is 0 Å². The molecular weight excluding hydrogens is 248 g/mol. The van der Waals surface area contributed by atoms with Crippen molar-refractivity contribution in [3.05, 3.63) is 18.0 Å². The molecule has 1 rings (SSSR count). The molecule has 19 heavy (non-hydrogen) atoms. The number of amides is 2. The number of nitrogens with zero attached hydrogens (tertiary/aromatic N) is 2. The Morgan fingerprint density at radius 2 is 2.26 bits per heavy atom. The smallest absolute Gasteiger partial charge is 0.331 e. The Morgan fingerprint density at radius 3 is 2.68 bits per heavy atom. The molecule has 0 saturated carbocycles. The average molecular weight is 264 g/mol. The van der Waals surface area contributed by atoms with Crippen molar-refractivity contribution in [3.63, 3.8) is 0 Å². The van der Waals surface area contributed by atoms with Gasteiger partial charge in [0.2, 0.25) is 0 Å². The van der Waals surface area contributed by atoms with Crippen molar-refractivity contribution in [3.8, 4) is 12.3 Å². The first-order valence-corrected chi connectivity index (χ1v) is 5.72. The van der Waals surface area contributed by atoms with Crippen molar-refractivity contribution in [2.75, 3.05) is 0 Å². The van der Waals surface area contributed by atoms with E-state index in [-0.39, 0.29) is 0 Å². The zero-order valence-electron chi connectivity index (χ0n) is 10.8. The Balaban J connectivity index is 2.73. The van der Waals surface area contributed by atoms with E-state index in [1.807, 2.05) is 6.92 Å². The van der Waals surface area contributed by atoms with E-state index in [9.17, 15) is 9.59 Å². The topological polar surface area (TPSA) is 96.2 Å². The van der Waals surface area contributed by atoms with Gasteiger partial charge in [-0.1, -0.05) is 12.8 Å². The van der Waals surface area contributed by atoms with Crippen LogP contribution in [0.2, 0.25) is 0 Å². The third-order valence-corrected chi connectivity index (χ3v) is 2.50. The van der Waals surface area contributed by atoms with Crippen LogP contribution < -0.4 is 10.6 Å². The summed E-state index contributed by atoms with van der Waals surface area (Å²) in [6, 6.07) is -2.21. The number of rotatable bonds is 5. The Labute approximate surface area is 111 Å². The number of hydrogen-bond donors (Lipinski definition) is 3. The highest BCUT2D eigenvalue weighted by atomic mass is 16.4. The summed E-state index contributed by atoms with van der Waals surface area (Å²) >= 11 is 0. The first kappa shape index (κ1) is 14.6. The zero-order valence-corrected chi connectivity index (χ0v) is 10.8. The van der Waals surface area contributed by atoms with E-state index in [0.29, 0.717) is 12.0 Å². The highest BCUT2D eigenvalue weighted by Gasteiger charge is 2.23. The summed E-state index contributed by atoms with van der Waals surface area (Å²) in [6.45, 7) is 1.82. The van der Waals surface area contributed by atoms with Crippen LogP contribution in [0, 0.1) is 12.3 Å². The monoisotopic (exact) mass is 264 g/mol. The van der Waals surface area contributed by atoms with Crippen LogP contribution >= 0.6 is 0 Å². The molecule has 102 valence electrons. The number of carbonyl (C=O) groups is 2. The number of carboxylic acid groups (broad SMARTS) is 1. The minimum absolute atomic E-state index is 0.388. The van der Waals surface area contributed by atoms with Crippen LogP contribution in [-0.2, 0) is 11.8 Å². The number of carbonyl (C=O) groups excluding carboxylic acids is 1. The molecule has 2 amide bonds. The average Bonchev–Trinajstić information content (AvgIpc) is 2.79. The molecule has 0 bridgehead atoms. The number of aryl methyl sites for hydroxylation is 1. The summed E-state index contributed by atoms with van der Waals surface area (Å²) in [7, 11) is 1.66. The largest absolute Gasteiger partial charge is 0.479 e. The van der Waals surface area contributed by atoms with Gasteiger partial charge in [0.1, 0.15) is 0 Å². The number of urea groups is 1. The maximum absolute atomic E-state index is 11.7. The summed E-state index contributed by atoms with van der Waals surface area (Å²) < 4.78 is 1.46. The van der Waals surface area contributed by atoms with E-state index in [1.165, 1.54) is 17.1 Å². The molecule has 3 N–H and O–H groups in total. The second-order valence-electron chi connectivity index (χ2n) is 3.96. The molecule has 0 aliphatic carbocycles. The van der Waals surface area contributed by atoms with Gasteiger partial charge < -0.3 is 15.7 Å². The highest BCUT2D eigenvalue weighted by molar-refractivity contribution is 5.83. The predicted molar refractivity (Wildman–Crippen MR) is 68.2 cm³/mol. The Hall–Kier alpha value is -2.49. The van der Waals surface area contributed by atoms with Gasteiger partial charge in [-0.25, -0.2) is 9.59 Å². The molecule has 0 saturated heterocycles. The van der Waals surface area contributed by atoms with Crippen molar-refractivity contribution < 1.29 is 14.7 Å². The van der Waals surface area contributed by atoms with E-state index in [4.69, 9.17) is 11.5 Å². The second kappa shape index (κ2) is 6.44. The summed E-state index contributed by atoms with van der Waals surface area (Å²) in [5.41, 5.74) is 0.388. The molecule has 7 heteroatoms. The molecule has 1 aromatic rings. The van der Waals surface area contributed by atoms with Crippen molar-refractivity contribution in [1.29, 1.82) is 0 Å². The van der Waals surface area contributed by atoms with Crippen LogP contribution in [-0.4, -0.2) is 32.9 Å². The van der Waals surface area contributed by atoms with Gasteiger partial charge in [-0.05, 0) is 6.42 Å². The quantitative estimate of drug-likeness (QED) is 0.664. The molecule has 2 atom stereocenters. The van der Waals surface area contributed by atoms with Crippen LogP contribution in [0.5, 0.6) is 0 Å². The summed E-state index contributed by atoms with van der Waals surface area (Å²) in [4.78, 5) is 22.8. The van der Waals surface area contributed by atoms with Gasteiger partial charge in [-0.2, -0.15) is 5.10 Å². The zero-order chi connectivity index (χ0) is 14.4. The van der Waals surface area contributed by atoms with Gasteiger partial charge >= 0.3 is 12.0 Å². The third kappa shape index (κ3) is 4.03. The lowest BCUT2D eigenvalue weighted by Crippen LogP contribution is -2.44. The molecule has 0 aliphatic rings. The van der Waals surface area contributed by atoms with Crippen molar-refractivity contribution >= 4 is 12.0 Å². The first-order valence-electron chi connectivity index (χ1n) is 5.72. The highest BCUT2D eigenvalue weighted by Crippen LogP contribution is 2.11. The molecule has 0 spiro atoms. The number of carboxylic acids is 1. The number of terminal acetylenes is 1. The summed E-state index contributed by atoms with van der Waals surface area (Å²) in [6.07, 6.45) is 8.69. The van der Waals surface area contributed by atoms with Crippen LogP contribution in [0.15, 0.2) is 12.4 Å². The maximum Gasteiger partial charge on any atom is 0.331 e. The fourth-order valence-corrected chi connectivity index (χ4v) is 1.47. The van der Waals surface area contributed by atoms with Gasteiger partial charge in [0.25, 0.3) is 0 Å². The third-order valence-electron chi connectivity index (χ3n) is 2.50. The molecule has 2 unspecified atom stereocenters. The summed E-state index contributed by atoms with van der Waals surface area (Å²) in [5, 5.41) is 17.8. The SMILES string of the molecule is C#CC(CC)NC(=O)NC(C(=O)O)c1cnn(C)c1. The lowest BCUT2D eigenvalue weighted by atomic mass is 10.1. The standard InChI is InChI=1S/C12H16N4O3/c1-4-9(5-2)14-12(19)15-10(11(17)18)8-6-13-16(3)7-8/h1,6-7,9-10H,5H2,2-3H3,(H,17,18)(H2,14,15,19). The molecule has 1 heterocycles. The number of aliphatic carboxylic acids is 1. The molecular formula is C12H16N4O3. The lowest BCUT2D eigenvalue weighted by Gasteiger charge is -2.16. The van der Waals surface area contributed by atoms with Gasteiger partial charge in [-0.15, -0.1) is 6.42 Å². The number of hydrogen-bond acceptors (Lipinski definition) is 3. The van der Waals surface area contributed by atoms with Crippen LogP contribution in [0.4, 0.5) is 4.79 Å². The lowest BCUT2D eigenvalue weighted by molar-refractivity contribution is -0.139. The number of aromatic nitrogens is 2. The Morgan fingerprint density at radius 1 is 1.58 bits per heavy atom. The second-order valence-corrected chi connectivity index (χ2v) is 3.96. The van der Waals surface area contributed by atoms with E-state index in [2.05, 4.69) is 21.7 Å². The van der Waals surface area contributed by atoms with Crippen molar-refractivity contribution in [2.24, 2.45) is 7.05 Å². The molecule has 7 nitrogen and oxygen atoms in total. The Bertz CT molecular complexity index is 503. The van der Waals surface area contributed by atoms with Gasteiger partial charge in [0, 0.05) is 18.8 Å². The van der Waals surface area contributed by atoms with Crippen LogP contribution in [0.25, 0.3) is 0 Å². The number of nitrogens with one attached hydrogen (secondary N) is 2. The predicted octanol–water partition coefficient (Wildman–Crippen LogP) is 0.257. The van der Waals surface area contributed by atoms with Crippen molar-refractivity contribution in [2.45, 2.75) is 25.4 Å². The fraction of sp³-hybridized carbons (Fsp3) is 0.417. The summed E-state index contributed by atoms with van der Waals surface area (Å²) in [5.74, 6) is 1.22. The van der Waals surface area contributed by atoms with Gasteiger partial charge in [-0.3, -0.25) is 4.68 Å². The van der Waals surface area contributed by atoms with E-state index in [1.54, 1.807) is 7.05 Å².